The Morgan fingerprint density at radius 2 is 2.14 bits per heavy atom. The Morgan fingerprint density at radius 1 is 1.50 bits per heavy atom. The molecule has 1 N–H and O–H groups in total. The lowest BCUT2D eigenvalue weighted by atomic mass is 10.5. The van der Waals surface area contributed by atoms with Crippen LogP contribution in [0.2, 0.25) is 0 Å². The SMILES string of the molecule is COC(=O)CN(C)CC(=O)NCC#N. The molecule has 0 heterocycles. The molecule has 0 aromatic rings. The molecule has 0 unspecified atom stereocenters. The van der Waals surface area contributed by atoms with Gasteiger partial charge in [-0.05, 0) is 7.05 Å². The number of carbonyl (C=O) groups is 2. The van der Waals surface area contributed by atoms with Crippen LogP contribution in [-0.4, -0.2) is 50.6 Å². The molecule has 0 saturated carbocycles. The summed E-state index contributed by atoms with van der Waals surface area (Å²) in [4.78, 5) is 23.3. The molecule has 78 valence electrons. The molecule has 6 nitrogen and oxygen atoms in total. The first-order valence-electron chi connectivity index (χ1n) is 3.99. The standard InChI is InChI=1S/C8H13N3O3/c1-11(6-8(13)14-2)5-7(12)10-4-3-9/h4-6H2,1-2H3,(H,10,12). The third kappa shape index (κ3) is 5.97. The van der Waals surface area contributed by atoms with Gasteiger partial charge in [0, 0.05) is 0 Å². The highest BCUT2D eigenvalue weighted by atomic mass is 16.5. The molecule has 0 aliphatic rings. The quantitative estimate of drug-likeness (QED) is 0.441. The van der Waals surface area contributed by atoms with Gasteiger partial charge in [-0.15, -0.1) is 0 Å². The van der Waals surface area contributed by atoms with Crippen LogP contribution in [0.25, 0.3) is 0 Å². The van der Waals surface area contributed by atoms with Crippen molar-refractivity contribution in [3.8, 4) is 6.07 Å². The predicted octanol–water partition coefficient (Wildman–Crippen LogP) is -1.27. The summed E-state index contributed by atoms with van der Waals surface area (Å²) in [6, 6.07) is 1.78. The number of carbonyl (C=O) groups excluding carboxylic acids is 2. The molecular weight excluding hydrogens is 186 g/mol. The molecule has 6 heteroatoms. The van der Waals surface area contributed by atoms with Gasteiger partial charge in [0.05, 0.1) is 26.3 Å². The van der Waals surface area contributed by atoms with Crippen LogP contribution in [-0.2, 0) is 14.3 Å². The second-order valence-electron chi connectivity index (χ2n) is 2.68. The summed E-state index contributed by atoms with van der Waals surface area (Å²) in [6.45, 7) is 0.0954. The van der Waals surface area contributed by atoms with E-state index in [0.717, 1.165) is 0 Å². The van der Waals surface area contributed by atoms with Gasteiger partial charge in [-0.3, -0.25) is 14.5 Å². The van der Waals surface area contributed by atoms with E-state index < -0.39 is 5.97 Å². The number of nitrogens with zero attached hydrogens (tertiary/aromatic N) is 2. The highest BCUT2D eigenvalue weighted by molar-refractivity contribution is 5.79. The van der Waals surface area contributed by atoms with Gasteiger partial charge in [0.25, 0.3) is 0 Å². The van der Waals surface area contributed by atoms with Crippen molar-refractivity contribution < 1.29 is 14.3 Å². The van der Waals surface area contributed by atoms with E-state index in [1.54, 1.807) is 13.1 Å². The summed E-state index contributed by atoms with van der Waals surface area (Å²) in [6.07, 6.45) is 0. The fourth-order valence-corrected chi connectivity index (χ4v) is 0.780. The van der Waals surface area contributed by atoms with Gasteiger partial charge in [0.1, 0.15) is 6.54 Å². The smallest absolute Gasteiger partial charge is 0.319 e. The summed E-state index contributed by atoms with van der Waals surface area (Å²) in [5, 5.41) is 10.5. The molecule has 0 atom stereocenters. The average molecular weight is 199 g/mol. The van der Waals surface area contributed by atoms with Crippen LogP contribution in [0.4, 0.5) is 0 Å². The zero-order valence-electron chi connectivity index (χ0n) is 8.24. The lowest BCUT2D eigenvalue weighted by molar-refractivity contribution is -0.141. The van der Waals surface area contributed by atoms with Crippen molar-refractivity contribution in [2.75, 3.05) is 33.8 Å². The maximum Gasteiger partial charge on any atom is 0.319 e. The van der Waals surface area contributed by atoms with E-state index in [1.807, 2.05) is 0 Å². The average Bonchev–Trinajstić information content (AvgIpc) is 2.14. The van der Waals surface area contributed by atoms with E-state index in [1.165, 1.54) is 12.0 Å². The van der Waals surface area contributed by atoms with Crippen LogP contribution in [0, 0.1) is 11.3 Å². The van der Waals surface area contributed by atoms with E-state index in [0.29, 0.717) is 0 Å². The molecule has 0 spiro atoms. The summed E-state index contributed by atoms with van der Waals surface area (Å²) in [5.74, 6) is -0.696. The Balaban J connectivity index is 3.72. The Morgan fingerprint density at radius 3 is 2.64 bits per heavy atom. The third-order valence-electron chi connectivity index (χ3n) is 1.40. The molecule has 0 bridgehead atoms. The number of ether oxygens (including phenoxy) is 1. The Kier molecular flexibility index (Phi) is 6.07. The number of likely N-dealkylation sites (N-methyl/N-ethyl adjacent to an activating group) is 1. The number of amides is 1. The van der Waals surface area contributed by atoms with Crippen molar-refractivity contribution in [2.45, 2.75) is 0 Å². The van der Waals surface area contributed by atoms with Gasteiger partial charge < -0.3 is 10.1 Å². The molecule has 0 radical (unpaired) electrons. The molecule has 0 aromatic carbocycles. The minimum absolute atomic E-state index is 0.0229. The number of hydrogen-bond donors (Lipinski definition) is 1. The monoisotopic (exact) mass is 199 g/mol. The van der Waals surface area contributed by atoms with Crippen LogP contribution in [0.3, 0.4) is 0 Å². The van der Waals surface area contributed by atoms with Crippen LogP contribution in [0.1, 0.15) is 0 Å². The lowest BCUT2D eigenvalue weighted by Gasteiger charge is -2.13. The molecule has 0 aliphatic carbocycles. The largest absolute Gasteiger partial charge is 0.468 e. The van der Waals surface area contributed by atoms with Gasteiger partial charge in [-0.25, -0.2) is 0 Å². The van der Waals surface area contributed by atoms with Crippen molar-refractivity contribution in [1.29, 1.82) is 5.26 Å². The van der Waals surface area contributed by atoms with Gasteiger partial charge in [0.2, 0.25) is 5.91 Å². The third-order valence-corrected chi connectivity index (χ3v) is 1.40. The van der Waals surface area contributed by atoms with Gasteiger partial charge in [0.15, 0.2) is 0 Å². The van der Waals surface area contributed by atoms with Gasteiger partial charge in [-0.2, -0.15) is 5.26 Å². The minimum Gasteiger partial charge on any atom is -0.468 e. The van der Waals surface area contributed by atoms with E-state index in [4.69, 9.17) is 5.26 Å². The highest BCUT2D eigenvalue weighted by Gasteiger charge is 2.09. The number of nitriles is 1. The number of rotatable bonds is 5. The first-order valence-corrected chi connectivity index (χ1v) is 3.99. The van der Waals surface area contributed by atoms with Crippen molar-refractivity contribution in [3.63, 3.8) is 0 Å². The van der Waals surface area contributed by atoms with Crippen molar-refractivity contribution >= 4 is 11.9 Å². The van der Waals surface area contributed by atoms with Crippen LogP contribution >= 0.6 is 0 Å². The van der Waals surface area contributed by atoms with E-state index >= 15 is 0 Å². The Hall–Kier alpha value is -1.61. The zero-order valence-corrected chi connectivity index (χ0v) is 8.24. The van der Waals surface area contributed by atoms with Crippen LogP contribution in [0.5, 0.6) is 0 Å². The van der Waals surface area contributed by atoms with Gasteiger partial charge >= 0.3 is 5.97 Å². The summed E-state index contributed by atoms with van der Waals surface area (Å²) >= 11 is 0. The molecule has 0 aliphatic heterocycles. The van der Waals surface area contributed by atoms with E-state index in [-0.39, 0.29) is 25.5 Å². The highest BCUT2D eigenvalue weighted by Crippen LogP contribution is 1.84. The predicted molar refractivity (Wildman–Crippen MR) is 48.1 cm³/mol. The molecular formula is C8H13N3O3. The topological polar surface area (TPSA) is 82.4 Å². The maximum absolute atomic E-state index is 11.0. The fourth-order valence-electron chi connectivity index (χ4n) is 0.780. The molecule has 0 saturated heterocycles. The summed E-state index contributed by atoms with van der Waals surface area (Å²) in [5.41, 5.74) is 0. The second-order valence-corrected chi connectivity index (χ2v) is 2.68. The maximum atomic E-state index is 11.0. The summed E-state index contributed by atoms with van der Waals surface area (Å²) in [7, 11) is 2.90. The zero-order chi connectivity index (χ0) is 11.0. The number of hydrogen-bond acceptors (Lipinski definition) is 5. The second kappa shape index (κ2) is 6.86. The molecule has 14 heavy (non-hydrogen) atoms. The fraction of sp³-hybridized carbons (Fsp3) is 0.625. The van der Waals surface area contributed by atoms with Crippen LogP contribution in [0.15, 0.2) is 0 Å². The van der Waals surface area contributed by atoms with Crippen molar-refractivity contribution in [2.24, 2.45) is 0 Å². The molecule has 1 amide bonds. The first kappa shape index (κ1) is 12.4. The molecule has 0 aromatic heterocycles. The first-order chi connectivity index (χ1) is 6.60. The number of methoxy groups -OCH3 is 1. The molecule has 0 fully saturated rings. The summed E-state index contributed by atoms with van der Waals surface area (Å²) < 4.78 is 4.42. The van der Waals surface area contributed by atoms with Crippen molar-refractivity contribution in [3.05, 3.63) is 0 Å². The molecule has 0 rings (SSSR count). The van der Waals surface area contributed by atoms with E-state index in [2.05, 4.69) is 10.1 Å². The van der Waals surface area contributed by atoms with Crippen molar-refractivity contribution in [1.82, 2.24) is 10.2 Å². The van der Waals surface area contributed by atoms with E-state index in [9.17, 15) is 9.59 Å². The number of esters is 1. The minimum atomic E-state index is -0.402. The Bertz CT molecular complexity index is 247. The van der Waals surface area contributed by atoms with Crippen LogP contribution < -0.4 is 5.32 Å². The normalized spacial score (nSPS) is 9.29. The number of nitrogens with one attached hydrogen (secondary N) is 1. The Labute approximate surface area is 82.4 Å². The van der Waals surface area contributed by atoms with Gasteiger partial charge in [-0.1, -0.05) is 0 Å². The lowest BCUT2D eigenvalue weighted by Crippen LogP contribution is -2.37.